The second-order valence-corrected chi connectivity index (χ2v) is 7.17. The molecule has 2 fully saturated rings. The van der Waals surface area contributed by atoms with Gasteiger partial charge in [-0.05, 0) is 72.8 Å². The highest BCUT2D eigenvalue weighted by atomic mass is 79.9. The lowest BCUT2D eigenvalue weighted by Crippen LogP contribution is -2.46. The molecule has 1 saturated heterocycles. The minimum Gasteiger partial charge on any atom is -0.334 e. The molecule has 0 bridgehead atoms. The molecular weight excluding hydrogens is 328 g/mol. The molecule has 1 saturated carbocycles. The molecule has 21 heavy (non-hydrogen) atoms. The van der Waals surface area contributed by atoms with Gasteiger partial charge >= 0.3 is 0 Å². The Morgan fingerprint density at radius 2 is 2.14 bits per heavy atom. The van der Waals surface area contributed by atoms with E-state index in [1.165, 1.54) is 24.8 Å². The zero-order valence-corrected chi connectivity index (χ0v) is 14.2. The molecule has 1 atom stereocenters. The maximum Gasteiger partial charge on any atom is 0.255 e. The smallest absolute Gasteiger partial charge is 0.255 e. The first-order chi connectivity index (χ1) is 10.1. The van der Waals surface area contributed by atoms with Crippen molar-refractivity contribution in [2.24, 2.45) is 0 Å². The second-order valence-electron chi connectivity index (χ2n) is 6.32. The molecule has 1 heterocycles. The highest BCUT2D eigenvalue weighted by Crippen LogP contribution is 2.30. The van der Waals surface area contributed by atoms with E-state index in [-0.39, 0.29) is 5.91 Å². The van der Waals surface area contributed by atoms with Crippen molar-refractivity contribution in [2.45, 2.75) is 51.1 Å². The van der Waals surface area contributed by atoms with Crippen molar-refractivity contribution in [1.29, 1.82) is 0 Å². The van der Waals surface area contributed by atoms with E-state index in [0.29, 0.717) is 12.1 Å². The average molecular weight is 351 g/mol. The van der Waals surface area contributed by atoms with Crippen LogP contribution in [0.2, 0.25) is 0 Å². The van der Waals surface area contributed by atoms with E-state index in [0.717, 1.165) is 36.0 Å². The lowest BCUT2D eigenvalue weighted by atomic mass is 10.0. The zero-order chi connectivity index (χ0) is 14.8. The van der Waals surface area contributed by atoms with E-state index in [9.17, 15) is 4.79 Å². The van der Waals surface area contributed by atoms with Crippen LogP contribution in [0.1, 0.15) is 48.0 Å². The highest BCUT2D eigenvalue weighted by molar-refractivity contribution is 9.10. The number of nitrogens with one attached hydrogen (secondary N) is 1. The van der Waals surface area contributed by atoms with Crippen LogP contribution in [0, 0.1) is 6.92 Å². The number of rotatable bonds is 4. The Bertz CT molecular complexity index is 522. The van der Waals surface area contributed by atoms with Gasteiger partial charge in [0.2, 0.25) is 0 Å². The van der Waals surface area contributed by atoms with Gasteiger partial charge in [0.1, 0.15) is 0 Å². The van der Waals surface area contributed by atoms with Crippen LogP contribution in [0.4, 0.5) is 0 Å². The Balaban J connectivity index is 1.75. The highest BCUT2D eigenvalue weighted by Gasteiger charge is 2.35. The first-order valence-electron chi connectivity index (χ1n) is 7.95. The fourth-order valence-electron chi connectivity index (χ4n) is 3.05. The molecule has 1 aromatic rings. The Hall–Kier alpha value is -0.870. The van der Waals surface area contributed by atoms with Gasteiger partial charge in [-0.25, -0.2) is 0 Å². The van der Waals surface area contributed by atoms with E-state index in [1.54, 1.807) is 0 Å². The molecule has 114 valence electrons. The molecule has 0 spiro atoms. The minimum atomic E-state index is 0.178. The van der Waals surface area contributed by atoms with Crippen molar-refractivity contribution in [3.8, 4) is 0 Å². The van der Waals surface area contributed by atoms with Crippen molar-refractivity contribution in [1.82, 2.24) is 10.2 Å². The predicted octanol–water partition coefficient (Wildman–Crippen LogP) is 3.50. The number of piperidine rings is 1. The quantitative estimate of drug-likeness (QED) is 0.901. The summed E-state index contributed by atoms with van der Waals surface area (Å²) in [5.41, 5.74) is 1.97. The summed E-state index contributed by atoms with van der Waals surface area (Å²) in [4.78, 5) is 15.0. The van der Waals surface area contributed by atoms with E-state index >= 15 is 0 Å². The van der Waals surface area contributed by atoms with Gasteiger partial charge in [0.05, 0.1) is 5.56 Å². The molecule has 1 aliphatic heterocycles. The molecule has 3 nitrogen and oxygen atoms in total. The topological polar surface area (TPSA) is 32.3 Å². The summed E-state index contributed by atoms with van der Waals surface area (Å²) in [7, 11) is 0. The predicted molar refractivity (Wildman–Crippen MR) is 88.6 cm³/mol. The number of halogens is 1. The average Bonchev–Trinajstić information content (AvgIpc) is 3.30. The molecule has 1 unspecified atom stereocenters. The van der Waals surface area contributed by atoms with Crippen molar-refractivity contribution in [2.75, 3.05) is 13.1 Å². The monoisotopic (exact) mass is 350 g/mol. The number of carbonyl (C=O) groups excluding carboxylic acids is 1. The summed E-state index contributed by atoms with van der Waals surface area (Å²) < 4.78 is 0.912. The fraction of sp³-hybridized carbons (Fsp3) is 0.588. The molecule has 2 aliphatic rings. The van der Waals surface area contributed by atoms with Gasteiger partial charge in [-0.1, -0.05) is 12.5 Å². The molecule has 4 heteroatoms. The number of nitrogens with zero attached hydrogens (tertiary/aromatic N) is 1. The van der Waals surface area contributed by atoms with Crippen LogP contribution in [0.15, 0.2) is 22.7 Å². The van der Waals surface area contributed by atoms with E-state index in [1.807, 2.05) is 25.1 Å². The third-order valence-electron chi connectivity index (χ3n) is 4.43. The fourth-order valence-corrected chi connectivity index (χ4v) is 3.71. The van der Waals surface area contributed by atoms with Gasteiger partial charge in [-0.3, -0.25) is 4.79 Å². The summed E-state index contributed by atoms with van der Waals surface area (Å²) in [6, 6.07) is 6.91. The number of aryl methyl sites for hydroxylation is 1. The third-order valence-corrected chi connectivity index (χ3v) is 5.09. The Labute approximate surface area is 135 Å². The third kappa shape index (κ3) is 3.67. The largest absolute Gasteiger partial charge is 0.334 e. The summed E-state index contributed by atoms with van der Waals surface area (Å²) >= 11 is 3.55. The van der Waals surface area contributed by atoms with Crippen molar-refractivity contribution in [3.63, 3.8) is 0 Å². The van der Waals surface area contributed by atoms with Crippen LogP contribution >= 0.6 is 15.9 Å². The van der Waals surface area contributed by atoms with Gasteiger partial charge in [-0.15, -0.1) is 0 Å². The number of carbonyl (C=O) groups is 1. The Morgan fingerprint density at radius 1 is 1.33 bits per heavy atom. The SMILES string of the molecule is Cc1ccc(C(=O)N(CC2CCCCN2)C2CC2)c(Br)c1. The van der Waals surface area contributed by atoms with Crippen LogP contribution in [-0.2, 0) is 0 Å². The van der Waals surface area contributed by atoms with Gasteiger partial charge < -0.3 is 10.2 Å². The normalized spacial score (nSPS) is 22.1. The molecule has 1 amide bonds. The van der Waals surface area contributed by atoms with Crippen LogP contribution in [-0.4, -0.2) is 36.0 Å². The van der Waals surface area contributed by atoms with Crippen LogP contribution in [0.3, 0.4) is 0 Å². The molecule has 0 radical (unpaired) electrons. The molecule has 1 aliphatic carbocycles. The molecule has 0 aromatic heterocycles. The van der Waals surface area contributed by atoms with Gasteiger partial charge in [-0.2, -0.15) is 0 Å². The first-order valence-corrected chi connectivity index (χ1v) is 8.75. The van der Waals surface area contributed by atoms with E-state index in [4.69, 9.17) is 0 Å². The summed E-state index contributed by atoms with van der Waals surface area (Å²) in [6.07, 6.45) is 6.03. The molecule has 1 N–H and O–H groups in total. The van der Waals surface area contributed by atoms with Crippen LogP contribution in [0.5, 0.6) is 0 Å². The summed E-state index contributed by atoms with van der Waals surface area (Å²) in [6.45, 7) is 3.99. The maximum atomic E-state index is 12.9. The van der Waals surface area contributed by atoms with Gasteiger partial charge in [0, 0.05) is 23.1 Å². The van der Waals surface area contributed by atoms with E-state index in [2.05, 4.69) is 26.1 Å². The van der Waals surface area contributed by atoms with Crippen LogP contribution in [0.25, 0.3) is 0 Å². The van der Waals surface area contributed by atoms with Gasteiger partial charge in [0.25, 0.3) is 5.91 Å². The molecular formula is C17H23BrN2O. The standard InChI is InChI=1S/C17H23BrN2O/c1-12-5-8-15(16(18)10-12)17(21)20(14-6-7-14)11-13-4-2-3-9-19-13/h5,8,10,13-14,19H,2-4,6-7,9,11H2,1H3. The molecule has 1 aromatic carbocycles. The maximum absolute atomic E-state index is 12.9. The summed E-state index contributed by atoms with van der Waals surface area (Å²) in [5.74, 6) is 0.178. The lowest BCUT2D eigenvalue weighted by Gasteiger charge is -2.31. The van der Waals surface area contributed by atoms with Crippen molar-refractivity contribution in [3.05, 3.63) is 33.8 Å². The number of amides is 1. The Morgan fingerprint density at radius 3 is 2.76 bits per heavy atom. The number of hydrogen-bond acceptors (Lipinski definition) is 2. The molecule has 3 rings (SSSR count). The van der Waals surface area contributed by atoms with Crippen molar-refractivity contribution < 1.29 is 4.79 Å². The summed E-state index contributed by atoms with van der Waals surface area (Å²) in [5, 5.41) is 3.56. The van der Waals surface area contributed by atoms with E-state index < -0.39 is 0 Å². The van der Waals surface area contributed by atoms with Crippen molar-refractivity contribution >= 4 is 21.8 Å². The number of hydrogen-bond donors (Lipinski definition) is 1. The lowest BCUT2D eigenvalue weighted by molar-refractivity contribution is 0.0717. The Kier molecular flexibility index (Phi) is 4.65. The van der Waals surface area contributed by atoms with Crippen LogP contribution < -0.4 is 5.32 Å². The minimum absolute atomic E-state index is 0.178. The zero-order valence-electron chi connectivity index (χ0n) is 12.6. The first kappa shape index (κ1) is 15.0. The number of benzene rings is 1. The van der Waals surface area contributed by atoms with Gasteiger partial charge in [0.15, 0.2) is 0 Å². The second kappa shape index (κ2) is 6.49.